The molecule has 1 fully saturated rings. The Balaban J connectivity index is 1.37. The van der Waals surface area contributed by atoms with E-state index in [-0.39, 0.29) is 12.5 Å². The quantitative estimate of drug-likeness (QED) is 0.602. The van der Waals surface area contributed by atoms with E-state index in [1.807, 2.05) is 36.1 Å². The van der Waals surface area contributed by atoms with Crippen LogP contribution >= 0.6 is 11.3 Å². The lowest BCUT2D eigenvalue weighted by atomic mass is 10.2. The highest BCUT2D eigenvalue weighted by atomic mass is 32.1. The molecule has 1 saturated heterocycles. The van der Waals surface area contributed by atoms with Crippen LogP contribution in [0.1, 0.15) is 30.1 Å². The molecular formula is C23H28N4O2S. The molecule has 0 bridgehead atoms. The number of anilines is 1. The zero-order chi connectivity index (χ0) is 21.1. The topological polar surface area (TPSA) is 58.6 Å². The molecule has 0 N–H and O–H groups in total. The van der Waals surface area contributed by atoms with Crippen LogP contribution in [0.4, 0.5) is 5.82 Å². The van der Waals surface area contributed by atoms with E-state index in [2.05, 4.69) is 29.8 Å². The number of hydrogen-bond donors (Lipinski definition) is 0. The van der Waals surface area contributed by atoms with Crippen LogP contribution in [0.5, 0.6) is 5.75 Å². The van der Waals surface area contributed by atoms with Crippen molar-refractivity contribution in [1.29, 1.82) is 0 Å². The number of aromatic nitrogens is 2. The molecule has 0 aliphatic carbocycles. The van der Waals surface area contributed by atoms with E-state index in [0.717, 1.165) is 53.5 Å². The Hall–Kier alpha value is -2.67. The third-order valence-corrected chi connectivity index (χ3v) is 6.68. The summed E-state index contributed by atoms with van der Waals surface area (Å²) < 4.78 is 5.70. The average Bonchev–Trinajstić information content (AvgIpc) is 3.20. The summed E-state index contributed by atoms with van der Waals surface area (Å²) in [5.74, 6) is 2.56. The number of thiophene rings is 1. The number of rotatable bonds is 6. The van der Waals surface area contributed by atoms with Gasteiger partial charge in [0, 0.05) is 31.1 Å². The lowest BCUT2D eigenvalue weighted by molar-refractivity contribution is -0.133. The summed E-state index contributed by atoms with van der Waals surface area (Å²) in [4.78, 5) is 28.5. The molecule has 0 saturated carbocycles. The number of fused-ring (bicyclic) bond motifs is 1. The van der Waals surface area contributed by atoms with Crippen LogP contribution in [0.15, 0.2) is 30.3 Å². The standard InChI is InChI=1S/C23H28N4O2S/c1-4-17-6-8-18(9-7-17)29-15-21(28)26-10-12-27(13-11-26)22-20-14-19(5-2)30-23(20)25-16(3)24-22/h6-9,14H,4-5,10-13,15H2,1-3H3. The van der Waals surface area contributed by atoms with Gasteiger partial charge in [0.25, 0.3) is 5.91 Å². The maximum Gasteiger partial charge on any atom is 0.260 e. The van der Waals surface area contributed by atoms with Crippen LogP contribution in [0.25, 0.3) is 10.2 Å². The Morgan fingerprint density at radius 2 is 1.80 bits per heavy atom. The monoisotopic (exact) mass is 424 g/mol. The molecule has 0 radical (unpaired) electrons. The number of ether oxygens (including phenoxy) is 1. The van der Waals surface area contributed by atoms with Crippen molar-refractivity contribution in [3.05, 3.63) is 46.6 Å². The maximum atomic E-state index is 12.6. The Labute approximate surface area is 181 Å². The predicted molar refractivity (Wildman–Crippen MR) is 122 cm³/mol. The molecule has 1 aliphatic heterocycles. The van der Waals surface area contributed by atoms with Crippen LogP contribution < -0.4 is 9.64 Å². The molecule has 158 valence electrons. The first kappa shape index (κ1) is 20.6. The van der Waals surface area contributed by atoms with Gasteiger partial charge in [-0.2, -0.15) is 0 Å². The van der Waals surface area contributed by atoms with E-state index in [1.54, 1.807) is 11.3 Å². The first-order valence-corrected chi connectivity index (χ1v) is 11.4. The molecule has 7 heteroatoms. The molecule has 0 spiro atoms. The summed E-state index contributed by atoms with van der Waals surface area (Å²) in [5, 5.41) is 1.13. The second-order valence-corrected chi connectivity index (χ2v) is 8.65. The number of amides is 1. The van der Waals surface area contributed by atoms with Gasteiger partial charge in [0.2, 0.25) is 0 Å². The highest BCUT2D eigenvalue weighted by Crippen LogP contribution is 2.31. The van der Waals surface area contributed by atoms with Gasteiger partial charge in [-0.3, -0.25) is 4.79 Å². The van der Waals surface area contributed by atoms with Crippen LogP contribution in [-0.2, 0) is 17.6 Å². The molecule has 0 atom stereocenters. The summed E-state index contributed by atoms with van der Waals surface area (Å²) in [6.07, 6.45) is 2.00. The predicted octanol–water partition coefficient (Wildman–Crippen LogP) is 3.85. The zero-order valence-electron chi connectivity index (χ0n) is 17.9. The van der Waals surface area contributed by atoms with Crippen LogP contribution in [0.3, 0.4) is 0 Å². The molecule has 2 aromatic heterocycles. The second-order valence-electron chi connectivity index (χ2n) is 7.53. The minimum atomic E-state index is 0.0297. The number of piperazine rings is 1. The molecule has 4 rings (SSSR count). The summed E-state index contributed by atoms with van der Waals surface area (Å²) in [6.45, 7) is 9.17. The maximum absolute atomic E-state index is 12.6. The number of aryl methyl sites for hydroxylation is 3. The minimum Gasteiger partial charge on any atom is -0.484 e. The molecule has 1 amide bonds. The molecule has 6 nitrogen and oxygen atoms in total. The Bertz CT molecular complexity index is 1020. The van der Waals surface area contributed by atoms with E-state index < -0.39 is 0 Å². The van der Waals surface area contributed by atoms with Gasteiger partial charge in [0.1, 0.15) is 22.2 Å². The summed E-state index contributed by atoms with van der Waals surface area (Å²) in [7, 11) is 0. The Kier molecular flexibility index (Phi) is 6.18. The van der Waals surface area contributed by atoms with E-state index in [9.17, 15) is 4.79 Å². The Morgan fingerprint density at radius 3 is 2.47 bits per heavy atom. The molecule has 0 unspecified atom stereocenters. The highest BCUT2D eigenvalue weighted by Gasteiger charge is 2.24. The van der Waals surface area contributed by atoms with Crippen molar-refractivity contribution in [2.45, 2.75) is 33.6 Å². The van der Waals surface area contributed by atoms with Crippen molar-refractivity contribution in [2.75, 3.05) is 37.7 Å². The number of carbonyl (C=O) groups is 1. The summed E-state index contributed by atoms with van der Waals surface area (Å²) in [5.41, 5.74) is 1.26. The van der Waals surface area contributed by atoms with E-state index in [0.29, 0.717) is 13.1 Å². The molecule has 1 aliphatic rings. The van der Waals surface area contributed by atoms with E-state index >= 15 is 0 Å². The number of nitrogens with zero attached hydrogens (tertiary/aromatic N) is 4. The zero-order valence-corrected chi connectivity index (χ0v) is 18.7. The lowest BCUT2D eigenvalue weighted by Gasteiger charge is -2.35. The minimum absolute atomic E-state index is 0.0297. The molecular weight excluding hydrogens is 396 g/mol. The van der Waals surface area contributed by atoms with Gasteiger partial charge < -0.3 is 14.5 Å². The molecule has 30 heavy (non-hydrogen) atoms. The third kappa shape index (κ3) is 4.41. The van der Waals surface area contributed by atoms with Crippen molar-refractivity contribution < 1.29 is 9.53 Å². The van der Waals surface area contributed by atoms with E-state index in [1.165, 1.54) is 10.4 Å². The van der Waals surface area contributed by atoms with Crippen LogP contribution in [-0.4, -0.2) is 53.6 Å². The smallest absolute Gasteiger partial charge is 0.260 e. The molecule has 3 aromatic rings. The van der Waals surface area contributed by atoms with Gasteiger partial charge in [0.15, 0.2) is 6.61 Å². The van der Waals surface area contributed by atoms with Crippen molar-refractivity contribution in [2.24, 2.45) is 0 Å². The third-order valence-electron chi connectivity index (χ3n) is 5.51. The Morgan fingerprint density at radius 1 is 1.07 bits per heavy atom. The second kappa shape index (κ2) is 9.00. The van der Waals surface area contributed by atoms with Crippen molar-refractivity contribution in [3.63, 3.8) is 0 Å². The normalized spacial score (nSPS) is 14.4. The first-order chi connectivity index (χ1) is 14.6. The fraction of sp³-hybridized carbons (Fsp3) is 0.435. The molecule has 3 heterocycles. The van der Waals surface area contributed by atoms with Gasteiger partial charge >= 0.3 is 0 Å². The van der Waals surface area contributed by atoms with Crippen LogP contribution in [0.2, 0.25) is 0 Å². The lowest BCUT2D eigenvalue weighted by Crippen LogP contribution is -2.50. The van der Waals surface area contributed by atoms with Crippen molar-refractivity contribution >= 4 is 33.3 Å². The van der Waals surface area contributed by atoms with Crippen LogP contribution in [0, 0.1) is 6.92 Å². The van der Waals surface area contributed by atoms with Gasteiger partial charge in [-0.05, 0) is 43.5 Å². The fourth-order valence-electron chi connectivity index (χ4n) is 3.70. The van der Waals surface area contributed by atoms with Gasteiger partial charge in [-0.25, -0.2) is 9.97 Å². The van der Waals surface area contributed by atoms with Gasteiger partial charge in [0.05, 0.1) is 5.39 Å². The molecule has 1 aromatic carbocycles. The number of hydrogen-bond acceptors (Lipinski definition) is 6. The largest absolute Gasteiger partial charge is 0.484 e. The average molecular weight is 425 g/mol. The van der Waals surface area contributed by atoms with E-state index in [4.69, 9.17) is 9.72 Å². The summed E-state index contributed by atoms with van der Waals surface area (Å²) in [6, 6.07) is 10.1. The van der Waals surface area contributed by atoms with Crippen molar-refractivity contribution in [1.82, 2.24) is 14.9 Å². The fourth-order valence-corrected chi connectivity index (χ4v) is 4.71. The first-order valence-electron chi connectivity index (χ1n) is 10.6. The SMILES string of the molecule is CCc1ccc(OCC(=O)N2CCN(c3nc(C)nc4sc(CC)cc34)CC2)cc1. The van der Waals surface area contributed by atoms with Gasteiger partial charge in [-0.15, -0.1) is 11.3 Å². The van der Waals surface area contributed by atoms with Crippen molar-refractivity contribution in [3.8, 4) is 5.75 Å². The number of carbonyl (C=O) groups excluding carboxylic acids is 1. The number of benzene rings is 1. The summed E-state index contributed by atoms with van der Waals surface area (Å²) >= 11 is 1.74. The van der Waals surface area contributed by atoms with Gasteiger partial charge in [-0.1, -0.05) is 26.0 Å². The highest BCUT2D eigenvalue weighted by molar-refractivity contribution is 7.18.